The summed E-state index contributed by atoms with van der Waals surface area (Å²) in [6, 6.07) is 3.64. The van der Waals surface area contributed by atoms with Crippen LogP contribution in [-0.4, -0.2) is 59.3 Å². The van der Waals surface area contributed by atoms with Crippen molar-refractivity contribution in [1.29, 1.82) is 0 Å². The zero-order valence-corrected chi connectivity index (χ0v) is 18.5. The number of anilines is 1. The third-order valence-electron chi connectivity index (χ3n) is 6.33. The Balaban J connectivity index is 1.29. The van der Waals surface area contributed by atoms with E-state index in [1.54, 1.807) is 19.4 Å². The molecule has 3 aromatic heterocycles. The standard InChI is InChI=1S/C22H24F3N5OS/c1-31-17-4-14(7-26-8-17)9-29-3-2-15-11-30(12-16(15)10-29)20-19-5-18(6-22(23,24)25)32-21(19)28-13-27-20/h4-5,7-8,13,15-16H,2-3,6,9-12H2,1H3/t15-,16+/m1/s1. The van der Waals surface area contributed by atoms with Gasteiger partial charge >= 0.3 is 6.18 Å². The van der Waals surface area contributed by atoms with Gasteiger partial charge in [-0.15, -0.1) is 11.3 Å². The van der Waals surface area contributed by atoms with E-state index in [-0.39, 0.29) is 4.88 Å². The van der Waals surface area contributed by atoms with E-state index < -0.39 is 12.6 Å². The minimum atomic E-state index is -4.22. The van der Waals surface area contributed by atoms with E-state index in [1.807, 2.05) is 12.3 Å². The van der Waals surface area contributed by atoms with Crippen molar-refractivity contribution in [3.63, 3.8) is 0 Å². The predicted octanol–water partition coefficient (Wildman–Crippen LogP) is 4.16. The summed E-state index contributed by atoms with van der Waals surface area (Å²) in [6.07, 6.45) is 0.997. The Bertz CT molecular complexity index is 1100. The maximum absolute atomic E-state index is 12.9. The van der Waals surface area contributed by atoms with Gasteiger partial charge in [0.1, 0.15) is 22.7 Å². The number of methoxy groups -OCH3 is 1. The van der Waals surface area contributed by atoms with Crippen LogP contribution in [0.25, 0.3) is 10.2 Å². The number of nitrogens with zero attached hydrogens (tertiary/aromatic N) is 5. The van der Waals surface area contributed by atoms with Crippen LogP contribution in [0.4, 0.5) is 19.0 Å². The lowest BCUT2D eigenvalue weighted by atomic mass is 9.88. The first-order valence-electron chi connectivity index (χ1n) is 10.6. The van der Waals surface area contributed by atoms with Crippen molar-refractivity contribution in [1.82, 2.24) is 19.9 Å². The third-order valence-corrected chi connectivity index (χ3v) is 7.37. The Morgan fingerprint density at radius 2 is 1.97 bits per heavy atom. The molecule has 0 spiro atoms. The number of hydrogen-bond acceptors (Lipinski definition) is 7. The molecule has 2 aliphatic heterocycles. The normalized spacial score (nSPS) is 21.8. The molecule has 32 heavy (non-hydrogen) atoms. The number of fused-ring (bicyclic) bond motifs is 2. The molecule has 0 N–H and O–H groups in total. The van der Waals surface area contributed by atoms with Gasteiger partial charge in [-0.1, -0.05) is 0 Å². The van der Waals surface area contributed by atoms with Crippen LogP contribution < -0.4 is 9.64 Å². The summed E-state index contributed by atoms with van der Waals surface area (Å²) >= 11 is 1.10. The van der Waals surface area contributed by atoms with Gasteiger partial charge in [0.25, 0.3) is 0 Å². The molecule has 0 aromatic carbocycles. The Kier molecular flexibility index (Phi) is 5.66. The molecule has 0 unspecified atom stereocenters. The number of thiophene rings is 1. The first-order chi connectivity index (χ1) is 15.4. The topological polar surface area (TPSA) is 54.4 Å². The summed E-state index contributed by atoms with van der Waals surface area (Å²) in [4.78, 5) is 18.5. The number of pyridine rings is 1. The van der Waals surface area contributed by atoms with Gasteiger partial charge in [-0.2, -0.15) is 13.2 Å². The molecular formula is C22H24F3N5OS. The third kappa shape index (κ3) is 4.52. The number of piperidine rings is 1. The summed E-state index contributed by atoms with van der Waals surface area (Å²) < 4.78 is 43.8. The summed E-state index contributed by atoms with van der Waals surface area (Å²) in [5, 5.41) is 0.731. The van der Waals surface area contributed by atoms with Gasteiger partial charge in [0.15, 0.2) is 0 Å². The predicted molar refractivity (Wildman–Crippen MR) is 117 cm³/mol. The lowest BCUT2D eigenvalue weighted by Crippen LogP contribution is -2.39. The summed E-state index contributed by atoms with van der Waals surface area (Å²) in [5.41, 5.74) is 1.13. The zero-order valence-electron chi connectivity index (χ0n) is 17.7. The van der Waals surface area contributed by atoms with Crippen LogP contribution >= 0.6 is 11.3 Å². The van der Waals surface area contributed by atoms with E-state index >= 15 is 0 Å². The number of rotatable bonds is 5. The van der Waals surface area contributed by atoms with Crippen LogP contribution in [0.2, 0.25) is 0 Å². The van der Waals surface area contributed by atoms with Crippen molar-refractivity contribution >= 4 is 27.4 Å². The Morgan fingerprint density at radius 3 is 2.78 bits per heavy atom. The molecule has 6 nitrogen and oxygen atoms in total. The van der Waals surface area contributed by atoms with Crippen molar-refractivity contribution in [2.24, 2.45) is 11.8 Å². The van der Waals surface area contributed by atoms with Gasteiger partial charge < -0.3 is 9.64 Å². The largest absolute Gasteiger partial charge is 0.495 e. The second-order valence-electron chi connectivity index (χ2n) is 8.60. The second-order valence-corrected chi connectivity index (χ2v) is 9.72. The van der Waals surface area contributed by atoms with Crippen LogP contribution in [0, 0.1) is 11.8 Å². The molecule has 0 radical (unpaired) electrons. The summed E-state index contributed by atoms with van der Waals surface area (Å²) in [5.74, 6) is 2.59. The minimum Gasteiger partial charge on any atom is -0.495 e. The lowest BCUT2D eigenvalue weighted by molar-refractivity contribution is -0.126. The van der Waals surface area contributed by atoms with E-state index in [4.69, 9.17) is 4.74 Å². The first kappa shape index (κ1) is 21.4. The van der Waals surface area contributed by atoms with Gasteiger partial charge in [0.2, 0.25) is 0 Å². The molecule has 0 amide bonds. The molecular weight excluding hydrogens is 439 g/mol. The highest BCUT2D eigenvalue weighted by Crippen LogP contribution is 2.38. The van der Waals surface area contributed by atoms with Crippen LogP contribution in [0.1, 0.15) is 16.9 Å². The molecule has 2 saturated heterocycles. The fourth-order valence-electron chi connectivity index (χ4n) is 4.91. The van der Waals surface area contributed by atoms with Crippen molar-refractivity contribution in [3.05, 3.63) is 41.3 Å². The Morgan fingerprint density at radius 1 is 1.12 bits per heavy atom. The maximum atomic E-state index is 12.9. The van der Waals surface area contributed by atoms with E-state index in [0.29, 0.717) is 16.7 Å². The molecule has 0 saturated carbocycles. The fourth-order valence-corrected chi connectivity index (χ4v) is 5.93. The van der Waals surface area contributed by atoms with Crippen molar-refractivity contribution in [2.75, 3.05) is 38.2 Å². The van der Waals surface area contributed by atoms with E-state index in [9.17, 15) is 13.2 Å². The molecule has 2 aliphatic rings. The molecule has 10 heteroatoms. The van der Waals surface area contributed by atoms with E-state index in [2.05, 4.69) is 24.8 Å². The highest BCUT2D eigenvalue weighted by Gasteiger charge is 2.38. The quantitative estimate of drug-likeness (QED) is 0.567. The van der Waals surface area contributed by atoms with Gasteiger partial charge in [-0.05, 0) is 42.5 Å². The molecule has 3 aromatic rings. The second kappa shape index (κ2) is 8.47. The number of alkyl halides is 3. The van der Waals surface area contributed by atoms with Gasteiger partial charge in [-0.25, -0.2) is 9.97 Å². The Hall–Kier alpha value is -2.46. The summed E-state index contributed by atoms with van der Waals surface area (Å²) in [7, 11) is 1.64. The van der Waals surface area contributed by atoms with Gasteiger partial charge in [0.05, 0.1) is 25.1 Å². The number of halogens is 3. The SMILES string of the molecule is COc1cncc(CN2CC[C@@H]3CN(c4ncnc5sc(CC(F)(F)F)cc45)C[C@@H]3C2)c1. The van der Waals surface area contributed by atoms with Crippen molar-refractivity contribution in [3.8, 4) is 5.75 Å². The van der Waals surface area contributed by atoms with Gasteiger partial charge in [0, 0.05) is 37.3 Å². The fraction of sp³-hybridized carbons (Fsp3) is 0.500. The van der Waals surface area contributed by atoms with E-state index in [0.717, 1.165) is 73.0 Å². The van der Waals surface area contributed by atoms with Crippen LogP contribution in [0.15, 0.2) is 30.9 Å². The average Bonchev–Trinajstić information content (AvgIpc) is 3.35. The molecule has 2 atom stereocenters. The van der Waals surface area contributed by atoms with Gasteiger partial charge in [-0.3, -0.25) is 9.88 Å². The molecule has 0 bridgehead atoms. The highest BCUT2D eigenvalue weighted by atomic mass is 32.1. The van der Waals surface area contributed by atoms with Crippen molar-refractivity contribution in [2.45, 2.75) is 25.6 Å². The minimum absolute atomic E-state index is 0.281. The molecule has 5 rings (SSSR count). The van der Waals surface area contributed by atoms with Crippen LogP contribution in [-0.2, 0) is 13.0 Å². The number of ether oxygens (including phenoxy) is 1. The average molecular weight is 464 g/mol. The van der Waals surface area contributed by atoms with E-state index in [1.165, 1.54) is 6.33 Å². The molecule has 5 heterocycles. The maximum Gasteiger partial charge on any atom is 0.393 e. The number of hydrogen-bond donors (Lipinski definition) is 0. The molecule has 2 fully saturated rings. The van der Waals surface area contributed by atoms with Crippen LogP contribution in [0.5, 0.6) is 5.75 Å². The summed E-state index contributed by atoms with van der Waals surface area (Å²) in [6.45, 7) is 4.57. The number of likely N-dealkylation sites (tertiary alicyclic amines) is 1. The lowest BCUT2D eigenvalue weighted by Gasteiger charge is -2.34. The number of aromatic nitrogens is 3. The smallest absolute Gasteiger partial charge is 0.393 e. The van der Waals surface area contributed by atoms with Crippen molar-refractivity contribution < 1.29 is 17.9 Å². The highest BCUT2D eigenvalue weighted by molar-refractivity contribution is 7.18. The first-order valence-corrected chi connectivity index (χ1v) is 11.4. The monoisotopic (exact) mass is 463 g/mol. The Labute approximate surface area is 188 Å². The zero-order chi connectivity index (χ0) is 22.3. The molecule has 170 valence electrons. The molecule has 0 aliphatic carbocycles. The van der Waals surface area contributed by atoms with Crippen LogP contribution in [0.3, 0.4) is 0 Å².